The van der Waals surface area contributed by atoms with Crippen molar-refractivity contribution in [2.75, 3.05) is 0 Å². The zero-order valence-corrected chi connectivity index (χ0v) is 10.7. The van der Waals surface area contributed by atoms with E-state index in [0.29, 0.717) is 10.6 Å². The van der Waals surface area contributed by atoms with Gasteiger partial charge in [0.05, 0.1) is 0 Å². The maximum absolute atomic E-state index is 13.6. The molecule has 1 aliphatic rings. The molecule has 1 aliphatic carbocycles. The number of hydrogen-bond donors (Lipinski definition) is 0. The standard InChI is InChI=1S/C14H16ClFO/c1-14(6-2-3-7-14)13(17)8-10-4-5-11(15)9-12(10)16/h4-5,9H,2-3,6-8H2,1H3. The molecule has 0 atom stereocenters. The van der Waals surface area contributed by atoms with Crippen molar-refractivity contribution < 1.29 is 9.18 Å². The fraction of sp³-hybridized carbons (Fsp3) is 0.500. The number of carbonyl (C=O) groups is 1. The lowest BCUT2D eigenvalue weighted by molar-refractivity contribution is -0.127. The van der Waals surface area contributed by atoms with Crippen LogP contribution in [0.3, 0.4) is 0 Å². The molecule has 0 aliphatic heterocycles. The Morgan fingerprint density at radius 2 is 2.06 bits per heavy atom. The SMILES string of the molecule is CC1(C(=O)Cc2ccc(Cl)cc2F)CCCC1. The molecule has 0 N–H and O–H groups in total. The Bertz CT molecular complexity index is 436. The molecule has 0 unspecified atom stereocenters. The van der Waals surface area contributed by atoms with Crippen LogP contribution in [0.15, 0.2) is 18.2 Å². The molecule has 92 valence electrons. The highest BCUT2D eigenvalue weighted by Crippen LogP contribution is 2.39. The van der Waals surface area contributed by atoms with Crippen LogP contribution in [0.5, 0.6) is 0 Å². The highest BCUT2D eigenvalue weighted by molar-refractivity contribution is 6.30. The van der Waals surface area contributed by atoms with Crippen molar-refractivity contribution in [2.45, 2.75) is 39.0 Å². The van der Waals surface area contributed by atoms with Crippen LogP contribution >= 0.6 is 11.6 Å². The van der Waals surface area contributed by atoms with Gasteiger partial charge in [-0.1, -0.05) is 37.4 Å². The summed E-state index contributed by atoms with van der Waals surface area (Å²) in [6.07, 6.45) is 4.25. The van der Waals surface area contributed by atoms with Crippen molar-refractivity contribution in [2.24, 2.45) is 5.41 Å². The first-order valence-corrected chi connectivity index (χ1v) is 6.36. The van der Waals surface area contributed by atoms with Crippen LogP contribution in [0.25, 0.3) is 0 Å². The molecule has 0 bridgehead atoms. The second-order valence-corrected chi connectivity index (χ2v) is 5.54. The van der Waals surface area contributed by atoms with E-state index in [0.717, 1.165) is 25.7 Å². The molecule has 1 aromatic carbocycles. The first kappa shape index (κ1) is 12.6. The van der Waals surface area contributed by atoms with Gasteiger partial charge < -0.3 is 0 Å². The van der Waals surface area contributed by atoms with Crippen LogP contribution in [0.4, 0.5) is 4.39 Å². The summed E-state index contributed by atoms with van der Waals surface area (Å²) in [5.41, 5.74) is 0.207. The highest BCUT2D eigenvalue weighted by Gasteiger charge is 2.35. The van der Waals surface area contributed by atoms with E-state index in [1.165, 1.54) is 6.07 Å². The molecule has 0 amide bonds. The molecule has 1 saturated carbocycles. The van der Waals surface area contributed by atoms with Gasteiger partial charge in [0.2, 0.25) is 0 Å². The van der Waals surface area contributed by atoms with E-state index in [2.05, 4.69) is 0 Å². The van der Waals surface area contributed by atoms with Crippen LogP contribution in [0.2, 0.25) is 5.02 Å². The Hall–Kier alpha value is -0.890. The van der Waals surface area contributed by atoms with Crippen molar-refractivity contribution in [3.63, 3.8) is 0 Å². The number of hydrogen-bond acceptors (Lipinski definition) is 1. The van der Waals surface area contributed by atoms with Crippen LogP contribution in [0, 0.1) is 11.2 Å². The van der Waals surface area contributed by atoms with Crippen molar-refractivity contribution in [3.8, 4) is 0 Å². The van der Waals surface area contributed by atoms with E-state index < -0.39 is 0 Å². The van der Waals surface area contributed by atoms with Crippen LogP contribution in [0.1, 0.15) is 38.2 Å². The largest absolute Gasteiger partial charge is 0.299 e. The summed E-state index contributed by atoms with van der Waals surface area (Å²) in [6.45, 7) is 2.00. The lowest BCUT2D eigenvalue weighted by Gasteiger charge is -2.21. The van der Waals surface area contributed by atoms with Gasteiger partial charge in [-0.2, -0.15) is 0 Å². The Balaban J connectivity index is 2.13. The number of rotatable bonds is 3. The molecule has 1 nitrogen and oxygen atoms in total. The summed E-state index contributed by atoms with van der Waals surface area (Å²) in [7, 11) is 0. The van der Waals surface area contributed by atoms with Crippen LogP contribution in [-0.2, 0) is 11.2 Å². The normalized spacial score (nSPS) is 18.3. The van der Waals surface area contributed by atoms with Gasteiger partial charge in [0.15, 0.2) is 0 Å². The van der Waals surface area contributed by atoms with E-state index in [9.17, 15) is 9.18 Å². The van der Waals surface area contributed by atoms with Gasteiger partial charge in [0.25, 0.3) is 0 Å². The van der Waals surface area contributed by atoms with Gasteiger partial charge in [-0.05, 0) is 30.5 Å². The molecular weight excluding hydrogens is 239 g/mol. The third-order valence-electron chi connectivity index (χ3n) is 3.75. The third kappa shape index (κ3) is 2.68. The van der Waals surface area contributed by atoms with Gasteiger partial charge in [0, 0.05) is 16.9 Å². The second kappa shape index (κ2) is 4.77. The summed E-state index contributed by atoms with van der Waals surface area (Å²) in [5.74, 6) is -0.233. The van der Waals surface area contributed by atoms with Gasteiger partial charge in [-0.15, -0.1) is 0 Å². The summed E-state index contributed by atoms with van der Waals surface area (Å²) >= 11 is 5.68. The van der Waals surface area contributed by atoms with Crippen molar-refractivity contribution in [3.05, 3.63) is 34.6 Å². The maximum Gasteiger partial charge on any atom is 0.143 e. The molecule has 0 heterocycles. The summed E-state index contributed by atoms with van der Waals surface area (Å²) < 4.78 is 13.6. The zero-order chi connectivity index (χ0) is 12.5. The van der Waals surface area contributed by atoms with Gasteiger partial charge in [-0.25, -0.2) is 4.39 Å². The molecule has 0 aromatic heterocycles. The van der Waals surface area contributed by atoms with Crippen molar-refractivity contribution >= 4 is 17.4 Å². The van der Waals surface area contributed by atoms with Gasteiger partial charge in [-0.3, -0.25) is 4.79 Å². The molecular formula is C14H16ClFO. The average molecular weight is 255 g/mol. The Kier molecular flexibility index (Phi) is 3.53. The van der Waals surface area contributed by atoms with E-state index in [1.54, 1.807) is 12.1 Å². The summed E-state index contributed by atoms with van der Waals surface area (Å²) in [5, 5.41) is 0.366. The minimum Gasteiger partial charge on any atom is -0.299 e. The summed E-state index contributed by atoms with van der Waals surface area (Å²) in [4.78, 5) is 12.2. The Morgan fingerprint density at radius 3 is 2.65 bits per heavy atom. The predicted molar refractivity (Wildman–Crippen MR) is 66.7 cm³/mol. The zero-order valence-electron chi connectivity index (χ0n) is 9.93. The molecule has 2 rings (SSSR count). The van der Waals surface area contributed by atoms with E-state index >= 15 is 0 Å². The maximum atomic E-state index is 13.6. The topological polar surface area (TPSA) is 17.1 Å². The molecule has 0 spiro atoms. The smallest absolute Gasteiger partial charge is 0.143 e. The lowest BCUT2D eigenvalue weighted by atomic mass is 9.81. The quantitative estimate of drug-likeness (QED) is 0.791. The van der Waals surface area contributed by atoms with E-state index in [-0.39, 0.29) is 23.4 Å². The lowest BCUT2D eigenvalue weighted by Crippen LogP contribution is -2.26. The minimum atomic E-state index is -0.382. The highest BCUT2D eigenvalue weighted by atomic mass is 35.5. The molecule has 1 fully saturated rings. The fourth-order valence-corrected chi connectivity index (χ4v) is 2.64. The number of halogens is 2. The molecule has 0 saturated heterocycles. The predicted octanol–water partition coefficient (Wildman–Crippen LogP) is 4.17. The molecule has 0 radical (unpaired) electrons. The Labute approximate surface area is 106 Å². The number of carbonyl (C=O) groups excluding carboxylic acids is 1. The minimum absolute atomic E-state index is 0.149. The number of ketones is 1. The van der Waals surface area contributed by atoms with Gasteiger partial charge in [0.1, 0.15) is 11.6 Å². The average Bonchev–Trinajstić information content (AvgIpc) is 2.71. The van der Waals surface area contributed by atoms with Crippen LogP contribution < -0.4 is 0 Å². The van der Waals surface area contributed by atoms with E-state index in [1.807, 2.05) is 6.92 Å². The van der Waals surface area contributed by atoms with Crippen molar-refractivity contribution in [1.29, 1.82) is 0 Å². The first-order valence-electron chi connectivity index (χ1n) is 5.98. The third-order valence-corrected chi connectivity index (χ3v) is 3.98. The van der Waals surface area contributed by atoms with Crippen molar-refractivity contribution in [1.82, 2.24) is 0 Å². The number of Topliss-reactive ketones (excluding diaryl/α,β-unsaturated/α-hetero) is 1. The van der Waals surface area contributed by atoms with E-state index in [4.69, 9.17) is 11.6 Å². The number of benzene rings is 1. The molecule has 17 heavy (non-hydrogen) atoms. The molecule has 1 aromatic rings. The second-order valence-electron chi connectivity index (χ2n) is 5.10. The first-order chi connectivity index (χ1) is 8.01. The molecule has 3 heteroatoms. The van der Waals surface area contributed by atoms with Gasteiger partial charge >= 0.3 is 0 Å². The Morgan fingerprint density at radius 1 is 1.41 bits per heavy atom. The van der Waals surface area contributed by atoms with Crippen LogP contribution in [-0.4, -0.2) is 5.78 Å². The fourth-order valence-electron chi connectivity index (χ4n) is 2.49. The summed E-state index contributed by atoms with van der Waals surface area (Å²) in [6, 6.07) is 4.50. The monoisotopic (exact) mass is 254 g/mol.